The summed E-state index contributed by atoms with van der Waals surface area (Å²) < 4.78 is 7.50. The zero-order valence-corrected chi connectivity index (χ0v) is 10.3. The second-order valence-corrected chi connectivity index (χ2v) is 4.69. The molecule has 1 aliphatic carbocycles. The van der Waals surface area contributed by atoms with Crippen molar-refractivity contribution < 1.29 is 4.74 Å². The van der Waals surface area contributed by atoms with E-state index < -0.39 is 0 Å². The SMILES string of the molecule is CCOC1CC(Nc2cnn(C(C)C)c2)C1. The lowest BCUT2D eigenvalue weighted by Gasteiger charge is -2.35. The van der Waals surface area contributed by atoms with E-state index in [1.54, 1.807) is 0 Å². The van der Waals surface area contributed by atoms with Gasteiger partial charge in [-0.25, -0.2) is 0 Å². The molecule has 90 valence electrons. The van der Waals surface area contributed by atoms with E-state index in [4.69, 9.17) is 4.74 Å². The first-order valence-corrected chi connectivity index (χ1v) is 6.11. The number of hydrogen-bond acceptors (Lipinski definition) is 3. The van der Waals surface area contributed by atoms with Crippen LogP contribution in [0.1, 0.15) is 39.7 Å². The van der Waals surface area contributed by atoms with E-state index in [0.29, 0.717) is 18.2 Å². The molecule has 1 heterocycles. The summed E-state index contributed by atoms with van der Waals surface area (Å²) in [6.45, 7) is 7.13. The van der Waals surface area contributed by atoms with Crippen molar-refractivity contribution in [1.82, 2.24) is 9.78 Å². The topological polar surface area (TPSA) is 39.1 Å². The van der Waals surface area contributed by atoms with Crippen LogP contribution in [-0.2, 0) is 4.74 Å². The molecule has 0 aliphatic heterocycles. The quantitative estimate of drug-likeness (QED) is 0.833. The van der Waals surface area contributed by atoms with Crippen molar-refractivity contribution in [2.45, 2.75) is 51.8 Å². The van der Waals surface area contributed by atoms with E-state index >= 15 is 0 Å². The van der Waals surface area contributed by atoms with Crippen molar-refractivity contribution in [2.75, 3.05) is 11.9 Å². The highest BCUT2D eigenvalue weighted by molar-refractivity contribution is 5.40. The number of hydrogen-bond donors (Lipinski definition) is 1. The van der Waals surface area contributed by atoms with E-state index in [1.165, 1.54) is 0 Å². The van der Waals surface area contributed by atoms with Crippen LogP contribution in [0.15, 0.2) is 12.4 Å². The monoisotopic (exact) mass is 223 g/mol. The predicted molar refractivity (Wildman–Crippen MR) is 64.7 cm³/mol. The summed E-state index contributed by atoms with van der Waals surface area (Å²) in [4.78, 5) is 0. The van der Waals surface area contributed by atoms with Crippen LogP contribution in [0.3, 0.4) is 0 Å². The number of ether oxygens (including phenoxy) is 1. The Bertz CT molecular complexity index is 329. The molecular formula is C12H21N3O. The van der Waals surface area contributed by atoms with Gasteiger partial charge < -0.3 is 10.1 Å². The molecule has 1 fully saturated rings. The van der Waals surface area contributed by atoms with Gasteiger partial charge in [-0.3, -0.25) is 4.68 Å². The molecule has 1 N–H and O–H groups in total. The average Bonchev–Trinajstić information content (AvgIpc) is 2.63. The summed E-state index contributed by atoms with van der Waals surface area (Å²) >= 11 is 0. The maximum absolute atomic E-state index is 5.53. The minimum atomic E-state index is 0.424. The third-order valence-electron chi connectivity index (χ3n) is 3.00. The van der Waals surface area contributed by atoms with Gasteiger partial charge in [0.05, 0.1) is 18.0 Å². The summed E-state index contributed by atoms with van der Waals surface area (Å²) in [5.41, 5.74) is 1.12. The number of rotatable bonds is 5. The second-order valence-electron chi connectivity index (χ2n) is 4.69. The fraction of sp³-hybridized carbons (Fsp3) is 0.750. The van der Waals surface area contributed by atoms with Crippen LogP contribution < -0.4 is 5.32 Å². The normalized spacial score (nSPS) is 24.5. The van der Waals surface area contributed by atoms with E-state index in [9.17, 15) is 0 Å². The van der Waals surface area contributed by atoms with E-state index in [0.717, 1.165) is 25.1 Å². The van der Waals surface area contributed by atoms with E-state index in [2.05, 4.69) is 30.5 Å². The molecule has 0 spiro atoms. The molecule has 1 aliphatic rings. The number of anilines is 1. The summed E-state index contributed by atoms with van der Waals surface area (Å²) in [7, 11) is 0. The van der Waals surface area contributed by atoms with Gasteiger partial charge in [-0.15, -0.1) is 0 Å². The standard InChI is InChI=1S/C12H21N3O/c1-4-16-12-5-10(6-12)14-11-7-13-15(8-11)9(2)3/h7-10,12,14H,4-6H2,1-3H3. The van der Waals surface area contributed by atoms with Crippen LogP contribution >= 0.6 is 0 Å². The van der Waals surface area contributed by atoms with Crippen LogP contribution in [0.5, 0.6) is 0 Å². The average molecular weight is 223 g/mol. The zero-order valence-electron chi connectivity index (χ0n) is 10.3. The van der Waals surface area contributed by atoms with Crippen molar-refractivity contribution in [3.05, 3.63) is 12.4 Å². The highest BCUT2D eigenvalue weighted by Crippen LogP contribution is 2.26. The smallest absolute Gasteiger partial charge is 0.0728 e. The maximum Gasteiger partial charge on any atom is 0.0728 e. The first-order chi connectivity index (χ1) is 7.69. The molecule has 4 nitrogen and oxygen atoms in total. The minimum Gasteiger partial charge on any atom is -0.380 e. The third kappa shape index (κ3) is 2.55. The van der Waals surface area contributed by atoms with Crippen molar-refractivity contribution in [2.24, 2.45) is 0 Å². The highest BCUT2D eigenvalue weighted by Gasteiger charge is 2.29. The molecule has 0 unspecified atom stereocenters. The third-order valence-corrected chi connectivity index (χ3v) is 3.00. The van der Waals surface area contributed by atoms with E-state index in [1.807, 2.05) is 17.8 Å². The van der Waals surface area contributed by atoms with Crippen LogP contribution in [0.25, 0.3) is 0 Å². The first-order valence-electron chi connectivity index (χ1n) is 6.11. The van der Waals surface area contributed by atoms with Gasteiger partial charge in [0.1, 0.15) is 0 Å². The zero-order chi connectivity index (χ0) is 11.5. The Kier molecular flexibility index (Phi) is 3.49. The Morgan fingerprint density at radius 3 is 2.88 bits per heavy atom. The Morgan fingerprint density at radius 1 is 1.56 bits per heavy atom. The minimum absolute atomic E-state index is 0.424. The molecule has 0 radical (unpaired) electrons. The van der Waals surface area contributed by atoms with Crippen LogP contribution in [0, 0.1) is 0 Å². The van der Waals surface area contributed by atoms with Gasteiger partial charge in [0.15, 0.2) is 0 Å². The van der Waals surface area contributed by atoms with Crippen molar-refractivity contribution in [3.63, 3.8) is 0 Å². The lowest BCUT2D eigenvalue weighted by atomic mass is 9.89. The van der Waals surface area contributed by atoms with Gasteiger partial charge in [-0.2, -0.15) is 5.10 Å². The van der Waals surface area contributed by atoms with Crippen LogP contribution in [-0.4, -0.2) is 28.5 Å². The molecule has 1 aromatic heterocycles. The Morgan fingerprint density at radius 2 is 2.31 bits per heavy atom. The van der Waals surface area contributed by atoms with Crippen LogP contribution in [0.4, 0.5) is 5.69 Å². The molecule has 0 aromatic carbocycles. The first kappa shape index (κ1) is 11.5. The predicted octanol–water partition coefficient (Wildman–Crippen LogP) is 2.44. The van der Waals surface area contributed by atoms with Gasteiger partial charge in [0.2, 0.25) is 0 Å². The van der Waals surface area contributed by atoms with Crippen molar-refractivity contribution in [3.8, 4) is 0 Å². The largest absolute Gasteiger partial charge is 0.380 e. The summed E-state index contributed by atoms with van der Waals surface area (Å²) in [6.07, 6.45) is 6.65. The lowest BCUT2D eigenvalue weighted by molar-refractivity contribution is 0.00299. The van der Waals surface area contributed by atoms with Crippen molar-refractivity contribution in [1.29, 1.82) is 0 Å². The Hall–Kier alpha value is -1.03. The molecule has 2 rings (SSSR count). The fourth-order valence-corrected chi connectivity index (χ4v) is 1.99. The molecule has 1 saturated carbocycles. The van der Waals surface area contributed by atoms with Gasteiger partial charge in [0.25, 0.3) is 0 Å². The Labute approximate surface area is 97.0 Å². The van der Waals surface area contributed by atoms with Crippen molar-refractivity contribution >= 4 is 5.69 Å². The number of nitrogens with one attached hydrogen (secondary N) is 1. The van der Waals surface area contributed by atoms with E-state index in [-0.39, 0.29) is 0 Å². The maximum atomic E-state index is 5.53. The summed E-state index contributed by atoms with van der Waals surface area (Å²) in [6, 6.07) is 0.981. The molecule has 16 heavy (non-hydrogen) atoms. The molecule has 0 bridgehead atoms. The molecule has 4 heteroatoms. The van der Waals surface area contributed by atoms with Crippen LogP contribution in [0.2, 0.25) is 0 Å². The molecule has 1 aromatic rings. The van der Waals surface area contributed by atoms with Gasteiger partial charge in [-0.1, -0.05) is 0 Å². The second kappa shape index (κ2) is 4.87. The van der Waals surface area contributed by atoms with Gasteiger partial charge in [-0.05, 0) is 33.6 Å². The van der Waals surface area contributed by atoms with Gasteiger partial charge >= 0.3 is 0 Å². The molecular weight excluding hydrogens is 202 g/mol. The molecule has 0 saturated heterocycles. The summed E-state index contributed by atoms with van der Waals surface area (Å²) in [5, 5.41) is 7.78. The summed E-state index contributed by atoms with van der Waals surface area (Å²) in [5.74, 6) is 0. The Balaban J connectivity index is 1.78. The lowest BCUT2D eigenvalue weighted by Crippen LogP contribution is -2.40. The highest BCUT2D eigenvalue weighted by atomic mass is 16.5. The fourth-order valence-electron chi connectivity index (χ4n) is 1.99. The molecule has 0 amide bonds. The molecule has 0 atom stereocenters. The number of aromatic nitrogens is 2. The number of nitrogens with zero attached hydrogens (tertiary/aromatic N) is 2. The van der Waals surface area contributed by atoms with Gasteiger partial charge in [0, 0.05) is 24.9 Å².